The van der Waals surface area contributed by atoms with Crippen LogP contribution in [0, 0.1) is 17.7 Å². The van der Waals surface area contributed by atoms with E-state index < -0.39 is 23.6 Å². The molecule has 1 saturated carbocycles. The number of halogens is 1. The monoisotopic (exact) mass is 265 g/mol. The van der Waals surface area contributed by atoms with Gasteiger partial charge in [-0.05, 0) is 25.0 Å². The van der Waals surface area contributed by atoms with Crippen molar-refractivity contribution in [1.82, 2.24) is 0 Å². The van der Waals surface area contributed by atoms with Crippen LogP contribution < -0.4 is 4.90 Å². The molecule has 0 aromatic heterocycles. The van der Waals surface area contributed by atoms with E-state index in [2.05, 4.69) is 0 Å². The van der Waals surface area contributed by atoms with Gasteiger partial charge >= 0.3 is 5.97 Å². The molecule has 19 heavy (non-hydrogen) atoms. The Morgan fingerprint density at radius 3 is 2.53 bits per heavy atom. The molecule has 1 aromatic carbocycles. The standard InChI is InChI=1S/C14H16FNO3/c1-16(12-8-3-2-7-11(12)15)13(17)9-5-4-6-10(9)14(18)19/h2-3,7-10H,4-6H2,1H3,(H,18,19). The summed E-state index contributed by atoms with van der Waals surface area (Å²) in [5.74, 6) is -2.96. The fraction of sp³-hybridized carbons (Fsp3) is 0.429. The van der Waals surface area contributed by atoms with E-state index in [-0.39, 0.29) is 11.6 Å². The summed E-state index contributed by atoms with van der Waals surface area (Å²) in [6.07, 6.45) is 1.78. The number of anilines is 1. The smallest absolute Gasteiger partial charge is 0.307 e. The van der Waals surface area contributed by atoms with Gasteiger partial charge in [0.05, 0.1) is 17.5 Å². The van der Waals surface area contributed by atoms with Gasteiger partial charge in [-0.1, -0.05) is 18.6 Å². The number of carboxylic acid groups (broad SMARTS) is 1. The highest BCUT2D eigenvalue weighted by atomic mass is 19.1. The average molecular weight is 265 g/mol. The molecule has 4 nitrogen and oxygen atoms in total. The molecule has 0 radical (unpaired) electrons. The van der Waals surface area contributed by atoms with E-state index in [1.165, 1.54) is 24.1 Å². The number of rotatable bonds is 3. The molecule has 2 unspecified atom stereocenters. The number of nitrogens with zero attached hydrogens (tertiary/aromatic N) is 1. The first-order chi connectivity index (χ1) is 9.02. The molecule has 0 heterocycles. The molecule has 102 valence electrons. The van der Waals surface area contributed by atoms with Gasteiger partial charge in [-0.3, -0.25) is 9.59 Å². The Hall–Kier alpha value is -1.91. The topological polar surface area (TPSA) is 57.6 Å². The van der Waals surface area contributed by atoms with Crippen LogP contribution in [0.4, 0.5) is 10.1 Å². The van der Waals surface area contributed by atoms with E-state index in [9.17, 15) is 14.0 Å². The zero-order valence-electron chi connectivity index (χ0n) is 10.7. The third-order valence-electron chi connectivity index (χ3n) is 3.69. The van der Waals surface area contributed by atoms with E-state index in [1.54, 1.807) is 12.1 Å². The second kappa shape index (κ2) is 5.38. The Morgan fingerprint density at radius 2 is 1.89 bits per heavy atom. The Balaban J connectivity index is 2.20. The molecule has 1 N–H and O–H groups in total. The molecule has 2 atom stereocenters. The van der Waals surface area contributed by atoms with E-state index in [0.717, 1.165) is 6.42 Å². The predicted octanol–water partition coefficient (Wildman–Crippen LogP) is 2.29. The van der Waals surface area contributed by atoms with Crippen LogP contribution in [0.2, 0.25) is 0 Å². The third-order valence-corrected chi connectivity index (χ3v) is 3.69. The quantitative estimate of drug-likeness (QED) is 0.912. The van der Waals surface area contributed by atoms with Crippen LogP contribution in [-0.4, -0.2) is 24.0 Å². The summed E-state index contributed by atoms with van der Waals surface area (Å²) in [5, 5.41) is 9.09. The van der Waals surface area contributed by atoms with Gasteiger partial charge in [0, 0.05) is 7.05 Å². The van der Waals surface area contributed by atoms with Crippen molar-refractivity contribution in [2.24, 2.45) is 11.8 Å². The van der Waals surface area contributed by atoms with Gasteiger partial charge in [0.15, 0.2) is 0 Å². The molecule has 0 aliphatic heterocycles. The minimum Gasteiger partial charge on any atom is -0.481 e. The molecular formula is C14H16FNO3. The molecule has 0 bridgehead atoms. The first-order valence-electron chi connectivity index (χ1n) is 6.27. The highest BCUT2D eigenvalue weighted by Crippen LogP contribution is 2.34. The van der Waals surface area contributed by atoms with Crippen molar-refractivity contribution in [2.75, 3.05) is 11.9 Å². The van der Waals surface area contributed by atoms with Crippen molar-refractivity contribution in [3.05, 3.63) is 30.1 Å². The van der Waals surface area contributed by atoms with Crippen LogP contribution in [0.25, 0.3) is 0 Å². The number of para-hydroxylation sites is 1. The zero-order valence-corrected chi connectivity index (χ0v) is 10.7. The van der Waals surface area contributed by atoms with E-state index in [0.29, 0.717) is 12.8 Å². The molecule has 1 amide bonds. The summed E-state index contributed by atoms with van der Waals surface area (Å²) in [5.41, 5.74) is 0.184. The molecule has 1 aliphatic rings. The molecule has 0 saturated heterocycles. The van der Waals surface area contributed by atoms with E-state index >= 15 is 0 Å². The summed E-state index contributed by atoms with van der Waals surface area (Å²) in [4.78, 5) is 24.6. The molecule has 0 spiro atoms. The highest BCUT2D eigenvalue weighted by molar-refractivity contribution is 5.97. The number of amides is 1. The van der Waals surface area contributed by atoms with Crippen LogP contribution >= 0.6 is 0 Å². The zero-order chi connectivity index (χ0) is 14.0. The second-order valence-electron chi connectivity index (χ2n) is 4.83. The number of benzene rings is 1. The third kappa shape index (κ3) is 2.59. The molecule has 1 aliphatic carbocycles. The van der Waals surface area contributed by atoms with Crippen LogP contribution in [0.1, 0.15) is 19.3 Å². The van der Waals surface area contributed by atoms with Gasteiger partial charge in [-0.15, -0.1) is 0 Å². The van der Waals surface area contributed by atoms with Gasteiger partial charge in [0.25, 0.3) is 0 Å². The van der Waals surface area contributed by atoms with Crippen LogP contribution in [0.15, 0.2) is 24.3 Å². The maximum Gasteiger partial charge on any atom is 0.307 e. The highest BCUT2D eigenvalue weighted by Gasteiger charge is 2.39. The van der Waals surface area contributed by atoms with Gasteiger partial charge < -0.3 is 10.0 Å². The lowest BCUT2D eigenvalue weighted by atomic mass is 9.94. The van der Waals surface area contributed by atoms with Crippen molar-refractivity contribution >= 4 is 17.6 Å². The normalized spacial score (nSPS) is 22.2. The van der Waals surface area contributed by atoms with E-state index in [1.807, 2.05) is 0 Å². The summed E-state index contributed by atoms with van der Waals surface area (Å²) in [6, 6.07) is 5.98. The van der Waals surface area contributed by atoms with Crippen molar-refractivity contribution in [3.8, 4) is 0 Å². The Labute approximate surface area is 110 Å². The number of hydrogen-bond donors (Lipinski definition) is 1. The van der Waals surface area contributed by atoms with Crippen LogP contribution in [0.3, 0.4) is 0 Å². The number of carbonyl (C=O) groups is 2. The second-order valence-corrected chi connectivity index (χ2v) is 4.83. The summed E-state index contributed by atoms with van der Waals surface area (Å²) < 4.78 is 13.6. The van der Waals surface area contributed by atoms with Crippen molar-refractivity contribution in [2.45, 2.75) is 19.3 Å². The Kier molecular flexibility index (Phi) is 3.83. The number of carboxylic acids is 1. The van der Waals surface area contributed by atoms with Gasteiger partial charge in [0.2, 0.25) is 5.91 Å². The summed E-state index contributed by atoms with van der Waals surface area (Å²) >= 11 is 0. The fourth-order valence-electron chi connectivity index (χ4n) is 2.64. The molecule has 1 aromatic rings. The number of carbonyl (C=O) groups excluding carboxylic acids is 1. The molecular weight excluding hydrogens is 249 g/mol. The lowest BCUT2D eigenvalue weighted by Gasteiger charge is -2.23. The van der Waals surface area contributed by atoms with Crippen LogP contribution in [-0.2, 0) is 9.59 Å². The number of aliphatic carboxylic acids is 1. The molecule has 1 fully saturated rings. The lowest BCUT2D eigenvalue weighted by Crippen LogP contribution is -2.37. The van der Waals surface area contributed by atoms with Gasteiger partial charge in [-0.2, -0.15) is 0 Å². The van der Waals surface area contributed by atoms with Gasteiger partial charge in [0.1, 0.15) is 5.82 Å². The van der Waals surface area contributed by atoms with E-state index in [4.69, 9.17) is 5.11 Å². The molecule has 2 rings (SSSR count). The van der Waals surface area contributed by atoms with Gasteiger partial charge in [-0.25, -0.2) is 4.39 Å². The minimum atomic E-state index is -0.946. The lowest BCUT2D eigenvalue weighted by molar-refractivity contribution is -0.145. The summed E-state index contributed by atoms with van der Waals surface area (Å²) in [7, 11) is 1.48. The Bertz CT molecular complexity index is 503. The fourth-order valence-corrected chi connectivity index (χ4v) is 2.64. The van der Waals surface area contributed by atoms with Crippen molar-refractivity contribution < 1.29 is 19.1 Å². The van der Waals surface area contributed by atoms with Crippen molar-refractivity contribution in [3.63, 3.8) is 0 Å². The summed E-state index contributed by atoms with van der Waals surface area (Å²) in [6.45, 7) is 0. The largest absolute Gasteiger partial charge is 0.481 e. The Morgan fingerprint density at radius 1 is 1.26 bits per heavy atom. The minimum absolute atomic E-state index is 0.184. The van der Waals surface area contributed by atoms with Crippen molar-refractivity contribution in [1.29, 1.82) is 0 Å². The van der Waals surface area contributed by atoms with Crippen LogP contribution in [0.5, 0.6) is 0 Å². The predicted molar refractivity (Wildman–Crippen MR) is 68.3 cm³/mol. The average Bonchev–Trinajstić information content (AvgIpc) is 2.87. The number of hydrogen-bond acceptors (Lipinski definition) is 2. The first kappa shape index (κ1) is 13.5. The maximum absolute atomic E-state index is 13.6. The SMILES string of the molecule is CN(C(=O)C1CCCC1C(=O)O)c1ccccc1F. The maximum atomic E-state index is 13.6. The molecule has 5 heteroatoms. The first-order valence-corrected chi connectivity index (χ1v) is 6.27.